The van der Waals surface area contributed by atoms with E-state index in [4.69, 9.17) is 0 Å². The molecule has 0 spiro atoms. The third-order valence-corrected chi connectivity index (χ3v) is 3.22. The second-order valence-electron chi connectivity index (χ2n) is 5.40. The minimum Gasteiger partial charge on any atom is -0.468 e. The molecule has 0 aliphatic rings. The molecule has 2 N–H and O–H groups in total. The van der Waals surface area contributed by atoms with E-state index in [1.165, 1.54) is 24.4 Å². The molecule has 0 saturated heterocycles. The Morgan fingerprint density at radius 2 is 1.92 bits per heavy atom. The van der Waals surface area contributed by atoms with Crippen molar-refractivity contribution < 1.29 is 27.1 Å². The largest absolute Gasteiger partial charge is 0.468 e. The number of benzene rings is 1. The Hall–Kier alpha value is -2.84. The molecule has 2 aromatic rings. The summed E-state index contributed by atoms with van der Waals surface area (Å²) in [5, 5.41) is 5.18. The predicted molar refractivity (Wildman–Crippen MR) is 86.1 cm³/mol. The number of aromatic nitrogens is 1. The van der Waals surface area contributed by atoms with Crippen LogP contribution < -0.4 is 15.4 Å². The first-order chi connectivity index (χ1) is 12.3. The average molecular weight is 371 g/mol. The number of rotatable bonds is 7. The molecule has 0 radical (unpaired) electrons. The minimum atomic E-state index is -4.45. The van der Waals surface area contributed by atoms with Gasteiger partial charge < -0.3 is 15.4 Å². The first kappa shape index (κ1) is 19.5. The van der Waals surface area contributed by atoms with E-state index >= 15 is 0 Å². The summed E-state index contributed by atoms with van der Waals surface area (Å²) in [6.45, 7) is -1.03. The summed E-state index contributed by atoms with van der Waals surface area (Å²) in [5.41, 5.74) is 1.29. The molecule has 26 heavy (non-hydrogen) atoms. The van der Waals surface area contributed by atoms with Crippen molar-refractivity contribution in [2.45, 2.75) is 19.1 Å². The van der Waals surface area contributed by atoms with Gasteiger partial charge in [0.25, 0.3) is 0 Å². The average Bonchev–Trinajstić information content (AvgIpc) is 2.58. The fraction of sp³-hybridized carbons (Fsp3) is 0.294. The van der Waals surface area contributed by atoms with Crippen LogP contribution in [-0.4, -0.2) is 30.3 Å². The lowest BCUT2D eigenvalue weighted by Gasteiger charge is -2.10. The van der Waals surface area contributed by atoms with Gasteiger partial charge in [0.15, 0.2) is 6.61 Å². The molecule has 0 aliphatic carbocycles. The van der Waals surface area contributed by atoms with E-state index in [2.05, 4.69) is 20.4 Å². The minimum absolute atomic E-state index is 0.0939. The van der Waals surface area contributed by atoms with Crippen molar-refractivity contribution in [2.75, 3.05) is 13.2 Å². The van der Waals surface area contributed by atoms with Crippen LogP contribution in [0.4, 0.5) is 22.4 Å². The number of carbonyl (C=O) groups is 1. The molecule has 0 aliphatic heterocycles. The Morgan fingerprint density at radius 1 is 1.12 bits per heavy atom. The first-order valence-electron chi connectivity index (χ1n) is 7.72. The van der Waals surface area contributed by atoms with Gasteiger partial charge in [-0.25, -0.2) is 14.2 Å². The molecule has 2 rings (SSSR count). The number of pyridine rings is 1. The molecule has 2 amide bonds. The fourth-order valence-corrected chi connectivity index (χ4v) is 2.05. The van der Waals surface area contributed by atoms with E-state index in [1.54, 1.807) is 18.2 Å². The van der Waals surface area contributed by atoms with Crippen molar-refractivity contribution in [3.8, 4) is 5.88 Å². The zero-order valence-corrected chi connectivity index (χ0v) is 13.6. The van der Waals surface area contributed by atoms with Crippen LogP contribution in [0.1, 0.15) is 11.1 Å². The number of nitrogens with zero attached hydrogens (tertiary/aromatic N) is 1. The van der Waals surface area contributed by atoms with E-state index in [0.29, 0.717) is 18.5 Å². The molecule has 0 unspecified atom stereocenters. The van der Waals surface area contributed by atoms with Crippen LogP contribution in [0.15, 0.2) is 42.6 Å². The van der Waals surface area contributed by atoms with Crippen LogP contribution in [-0.2, 0) is 13.0 Å². The van der Waals surface area contributed by atoms with Crippen LogP contribution in [0.3, 0.4) is 0 Å². The fourth-order valence-electron chi connectivity index (χ4n) is 2.05. The van der Waals surface area contributed by atoms with Gasteiger partial charge in [-0.3, -0.25) is 0 Å². The van der Waals surface area contributed by atoms with E-state index < -0.39 is 18.8 Å². The van der Waals surface area contributed by atoms with Crippen molar-refractivity contribution in [1.29, 1.82) is 0 Å². The Kier molecular flexibility index (Phi) is 6.76. The van der Waals surface area contributed by atoms with E-state index in [1.807, 2.05) is 0 Å². The van der Waals surface area contributed by atoms with Gasteiger partial charge in [0.05, 0.1) is 0 Å². The highest BCUT2D eigenvalue weighted by molar-refractivity contribution is 5.73. The number of urea groups is 1. The zero-order valence-electron chi connectivity index (χ0n) is 13.6. The summed E-state index contributed by atoms with van der Waals surface area (Å²) in [6, 6.07) is 8.49. The predicted octanol–water partition coefficient (Wildman–Crippen LogP) is 3.20. The van der Waals surface area contributed by atoms with Gasteiger partial charge in [0.1, 0.15) is 5.82 Å². The number of halogens is 4. The summed E-state index contributed by atoms with van der Waals surface area (Å²) in [7, 11) is 0. The van der Waals surface area contributed by atoms with Crippen molar-refractivity contribution in [3.05, 3.63) is 59.5 Å². The zero-order chi connectivity index (χ0) is 19.0. The summed E-state index contributed by atoms with van der Waals surface area (Å²) >= 11 is 0. The third-order valence-electron chi connectivity index (χ3n) is 3.22. The molecular weight excluding hydrogens is 354 g/mol. The van der Waals surface area contributed by atoms with Crippen LogP contribution in [0.25, 0.3) is 0 Å². The molecule has 1 aromatic heterocycles. The highest BCUT2D eigenvalue weighted by Crippen LogP contribution is 2.17. The maximum absolute atomic E-state index is 13.0. The number of carbonyl (C=O) groups excluding carboxylic acids is 1. The molecule has 1 heterocycles. The molecule has 140 valence electrons. The van der Waals surface area contributed by atoms with Crippen molar-refractivity contribution in [3.63, 3.8) is 0 Å². The number of nitrogens with one attached hydrogen (secondary N) is 2. The Labute approximate surface area is 147 Å². The van der Waals surface area contributed by atoms with Crippen LogP contribution in [0.5, 0.6) is 5.88 Å². The number of hydrogen-bond acceptors (Lipinski definition) is 3. The third kappa shape index (κ3) is 7.37. The lowest BCUT2D eigenvalue weighted by atomic mass is 10.1. The Morgan fingerprint density at radius 3 is 2.65 bits per heavy atom. The molecule has 0 bridgehead atoms. The van der Waals surface area contributed by atoms with Gasteiger partial charge in [0, 0.05) is 25.4 Å². The molecule has 9 heteroatoms. The van der Waals surface area contributed by atoms with E-state index in [0.717, 1.165) is 5.56 Å². The van der Waals surface area contributed by atoms with Gasteiger partial charge in [-0.15, -0.1) is 0 Å². The van der Waals surface area contributed by atoms with Crippen LogP contribution in [0.2, 0.25) is 0 Å². The summed E-state index contributed by atoms with van der Waals surface area (Å²) in [4.78, 5) is 15.4. The SMILES string of the molecule is O=C(NCCc1cccc(F)c1)NCc1ccnc(OCC(F)(F)F)c1. The summed E-state index contributed by atoms with van der Waals surface area (Å²) in [5.74, 6) is -0.513. The molecule has 0 saturated carbocycles. The van der Waals surface area contributed by atoms with Crippen molar-refractivity contribution in [1.82, 2.24) is 15.6 Å². The second kappa shape index (κ2) is 9.02. The van der Waals surface area contributed by atoms with Crippen LogP contribution >= 0.6 is 0 Å². The summed E-state index contributed by atoms with van der Waals surface area (Å²) < 4.78 is 53.9. The van der Waals surface area contributed by atoms with Gasteiger partial charge in [-0.2, -0.15) is 13.2 Å². The molecule has 5 nitrogen and oxygen atoms in total. The molecule has 1 aromatic carbocycles. The number of hydrogen-bond donors (Lipinski definition) is 2. The summed E-state index contributed by atoms with van der Waals surface area (Å²) in [6.07, 6.45) is -2.68. The monoisotopic (exact) mass is 371 g/mol. The highest BCUT2D eigenvalue weighted by Gasteiger charge is 2.28. The van der Waals surface area contributed by atoms with Crippen molar-refractivity contribution >= 4 is 6.03 Å². The van der Waals surface area contributed by atoms with Gasteiger partial charge in [-0.05, 0) is 35.7 Å². The number of amides is 2. The van der Waals surface area contributed by atoms with Gasteiger partial charge >= 0.3 is 12.2 Å². The van der Waals surface area contributed by atoms with Gasteiger partial charge in [-0.1, -0.05) is 12.1 Å². The van der Waals surface area contributed by atoms with Crippen LogP contribution in [0, 0.1) is 5.82 Å². The Bertz CT molecular complexity index is 738. The number of ether oxygens (including phenoxy) is 1. The normalized spacial score (nSPS) is 11.1. The standard InChI is InChI=1S/C17H17F4N3O2/c18-14-3-1-2-12(8-14)4-7-23-16(25)24-10-13-5-6-22-15(9-13)26-11-17(19,20)21/h1-3,5-6,8-9H,4,7,10-11H2,(H2,23,24,25). The second-order valence-corrected chi connectivity index (χ2v) is 5.40. The van der Waals surface area contributed by atoms with Crippen molar-refractivity contribution in [2.24, 2.45) is 0 Å². The lowest BCUT2D eigenvalue weighted by molar-refractivity contribution is -0.154. The molecule has 0 fully saturated rings. The van der Waals surface area contributed by atoms with E-state index in [9.17, 15) is 22.4 Å². The topological polar surface area (TPSA) is 63.2 Å². The smallest absolute Gasteiger partial charge is 0.422 e. The lowest BCUT2D eigenvalue weighted by Crippen LogP contribution is -2.36. The van der Waals surface area contributed by atoms with Gasteiger partial charge in [0.2, 0.25) is 5.88 Å². The molecule has 0 atom stereocenters. The quantitative estimate of drug-likeness (QED) is 0.735. The highest BCUT2D eigenvalue weighted by atomic mass is 19.4. The molecular formula is C17H17F4N3O2. The number of alkyl halides is 3. The maximum Gasteiger partial charge on any atom is 0.422 e. The maximum atomic E-state index is 13.0. The first-order valence-corrected chi connectivity index (χ1v) is 7.72. The van der Waals surface area contributed by atoms with E-state index in [-0.39, 0.29) is 18.2 Å². The Balaban J connectivity index is 1.73.